The number of anilines is 1. The van der Waals surface area contributed by atoms with Crippen LogP contribution in [0.2, 0.25) is 0 Å². The molecule has 2 aromatic rings. The van der Waals surface area contributed by atoms with E-state index >= 15 is 0 Å². The third-order valence-electron chi connectivity index (χ3n) is 4.43. The minimum atomic E-state index is -0.219. The van der Waals surface area contributed by atoms with E-state index < -0.39 is 0 Å². The number of hydrogen-bond donors (Lipinski definition) is 1. The number of carbonyl (C=O) groups excluding carboxylic acids is 2. The molecular weight excluding hydrogens is 332 g/mol. The van der Waals surface area contributed by atoms with Crippen LogP contribution in [0.3, 0.4) is 0 Å². The molecule has 26 heavy (non-hydrogen) atoms. The molecule has 1 fully saturated rings. The lowest BCUT2D eigenvalue weighted by Crippen LogP contribution is -2.24. The van der Waals surface area contributed by atoms with Crippen molar-refractivity contribution in [3.63, 3.8) is 0 Å². The first-order valence-electron chi connectivity index (χ1n) is 8.52. The second-order valence-corrected chi connectivity index (χ2v) is 6.06. The summed E-state index contributed by atoms with van der Waals surface area (Å²) in [6.45, 7) is 1.16. The SMILES string of the molecule is COc1ccc(C(=O)NCc2ccc(N3CCCC3=O)cc2)c(OC)c1. The molecule has 6 nitrogen and oxygen atoms in total. The highest BCUT2D eigenvalue weighted by Crippen LogP contribution is 2.25. The summed E-state index contributed by atoms with van der Waals surface area (Å²) in [5.41, 5.74) is 2.31. The Morgan fingerprint density at radius 1 is 1.12 bits per heavy atom. The molecule has 1 saturated heterocycles. The molecule has 2 aromatic carbocycles. The third kappa shape index (κ3) is 3.79. The normalized spacial score (nSPS) is 13.6. The average Bonchev–Trinajstić information content (AvgIpc) is 3.11. The molecule has 1 N–H and O–H groups in total. The maximum absolute atomic E-state index is 12.4. The third-order valence-corrected chi connectivity index (χ3v) is 4.43. The maximum atomic E-state index is 12.4. The van der Waals surface area contributed by atoms with Gasteiger partial charge in [0.1, 0.15) is 11.5 Å². The van der Waals surface area contributed by atoms with Crippen LogP contribution < -0.4 is 19.7 Å². The number of amides is 2. The summed E-state index contributed by atoms with van der Waals surface area (Å²) in [7, 11) is 3.08. The number of nitrogens with zero attached hydrogens (tertiary/aromatic N) is 1. The molecule has 136 valence electrons. The van der Waals surface area contributed by atoms with Gasteiger partial charge >= 0.3 is 0 Å². The van der Waals surface area contributed by atoms with Crippen molar-refractivity contribution in [1.29, 1.82) is 0 Å². The van der Waals surface area contributed by atoms with Crippen molar-refractivity contribution in [2.45, 2.75) is 19.4 Å². The van der Waals surface area contributed by atoms with Gasteiger partial charge in [-0.3, -0.25) is 9.59 Å². The minimum absolute atomic E-state index is 0.164. The van der Waals surface area contributed by atoms with Gasteiger partial charge < -0.3 is 19.7 Å². The van der Waals surface area contributed by atoms with Crippen LogP contribution in [0.25, 0.3) is 0 Å². The van der Waals surface area contributed by atoms with Crippen LogP contribution in [0.5, 0.6) is 11.5 Å². The van der Waals surface area contributed by atoms with E-state index in [1.807, 2.05) is 24.3 Å². The molecule has 0 saturated carbocycles. The lowest BCUT2D eigenvalue weighted by molar-refractivity contribution is -0.117. The first-order valence-corrected chi connectivity index (χ1v) is 8.52. The molecule has 0 aromatic heterocycles. The monoisotopic (exact) mass is 354 g/mol. The Hall–Kier alpha value is -3.02. The molecule has 2 amide bonds. The summed E-state index contributed by atoms with van der Waals surface area (Å²) >= 11 is 0. The van der Waals surface area contributed by atoms with Crippen molar-refractivity contribution in [1.82, 2.24) is 5.32 Å². The second-order valence-electron chi connectivity index (χ2n) is 6.06. The van der Waals surface area contributed by atoms with Crippen LogP contribution in [-0.4, -0.2) is 32.6 Å². The highest BCUT2D eigenvalue weighted by molar-refractivity contribution is 5.97. The van der Waals surface area contributed by atoms with Gasteiger partial charge in [0.25, 0.3) is 5.91 Å². The zero-order valence-corrected chi connectivity index (χ0v) is 15.0. The molecule has 1 heterocycles. The van der Waals surface area contributed by atoms with E-state index in [0.717, 1.165) is 24.2 Å². The number of ether oxygens (including phenoxy) is 2. The van der Waals surface area contributed by atoms with E-state index in [4.69, 9.17) is 9.47 Å². The van der Waals surface area contributed by atoms with E-state index in [9.17, 15) is 9.59 Å². The predicted molar refractivity (Wildman–Crippen MR) is 98.7 cm³/mol. The fraction of sp³-hybridized carbons (Fsp3) is 0.300. The smallest absolute Gasteiger partial charge is 0.255 e. The standard InChI is InChI=1S/C20H22N2O4/c1-25-16-9-10-17(18(12-16)26-2)20(24)21-13-14-5-7-15(8-6-14)22-11-3-4-19(22)23/h5-10,12H,3-4,11,13H2,1-2H3,(H,21,24). The molecular formula is C20H22N2O4. The molecule has 0 bridgehead atoms. The summed E-state index contributed by atoms with van der Waals surface area (Å²) in [5, 5.41) is 2.88. The molecule has 0 atom stereocenters. The van der Waals surface area contributed by atoms with Gasteiger partial charge in [-0.15, -0.1) is 0 Å². The van der Waals surface area contributed by atoms with Crippen molar-refractivity contribution >= 4 is 17.5 Å². The summed E-state index contributed by atoms with van der Waals surface area (Å²) in [5.74, 6) is 1.04. The quantitative estimate of drug-likeness (QED) is 0.866. The highest BCUT2D eigenvalue weighted by atomic mass is 16.5. The number of rotatable bonds is 6. The van der Waals surface area contributed by atoms with Crippen LogP contribution in [0.15, 0.2) is 42.5 Å². The fourth-order valence-corrected chi connectivity index (χ4v) is 2.98. The lowest BCUT2D eigenvalue weighted by atomic mass is 10.1. The predicted octanol–water partition coefficient (Wildman–Crippen LogP) is 2.76. The van der Waals surface area contributed by atoms with Crippen molar-refractivity contribution in [3.05, 3.63) is 53.6 Å². The van der Waals surface area contributed by atoms with Crippen molar-refractivity contribution in [3.8, 4) is 11.5 Å². The van der Waals surface area contributed by atoms with Crippen molar-refractivity contribution in [2.75, 3.05) is 25.7 Å². The molecule has 0 radical (unpaired) electrons. The Morgan fingerprint density at radius 2 is 1.88 bits per heavy atom. The van der Waals surface area contributed by atoms with Crippen LogP contribution in [0.1, 0.15) is 28.8 Å². The summed E-state index contributed by atoms with van der Waals surface area (Å²) in [4.78, 5) is 26.0. The minimum Gasteiger partial charge on any atom is -0.497 e. The van der Waals surface area contributed by atoms with Gasteiger partial charge in [-0.25, -0.2) is 0 Å². The van der Waals surface area contributed by atoms with Gasteiger partial charge in [-0.2, -0.15) is 0 Å². The van der Waals surface area contributed by atoms with Crippen molar-refractivity contribution < 1.29 is 19.1 Å². The van der Waals surface area contributed by atoms with Gasteiger partial charge in [-0.05, 0) is 36.2 Å². The molecule has 1 aliphatic rings. The van der Waals surface area contributed by atoms with Gasteiger partial charge in [-0.1, -0.05) is 12.1 Å². The molecule has 0 aliphatic carbocycles. The van der Waals surface area contributed by atoms with Gasteiger partial charge in [0.05, 0.1) is 19.8 Å². The highest BCUT2D eigenvalue weighted by Gasteiger charge is 2.21. The molecule has 0 unspecified atom stereocenters. The van der Waals surface area contributed by atoms with Crippen molar-refractivity contribution in [2.24, 2.45) is 0 Å². The Kier molecular flexibility index (Phi) is 5.41. The van der Waals surface area contributed by atoms with Crippen LogP contribution in [0, 0.1) is 0 Å². The Bertz CT molecular complexity index is 802. The summed E-state index contributed by atoms with van der Waals surface area (Å²) in [6.07, 6.45) is 1.52. The van der Waals surface area contributed by atoms with Gasteiger partial charge in [0, 0.05) is 31.3 Å². The summed E-state index contributed by atoms with van der Waals surface area (Å²) in [6, 6.07) is 12.8. The van der Waals surface area contributed by atoms with E-state index in [1.165, 1.54) is 7.11 Å². The molecule has 0 spiro atoms. The van der Waals surface area contributed by atoms with Crippen LogP contribution in [-0.2, 0) is 11.3 Å². The number of carbonyl (C=O) groups is 2. The van der Waals surface area contributed by atoms with E-state index in [1.54, 1.807) is 30.2 Å². The molecule has 6 heteroatoms. The van der Waals surface area contributed by atoms with Gasteiger partial charge in [0.2, 0.25) is 5.91 Å². The number of nitrogens with one attached hydrogen (secondary N) is 1. The Morgan fingerprint density at radius 3 is 2.50 bits per heavy atom. The zero-order chi connectivity index (χ0) is 18.5. The van der Waals surface area contributed by atoms with E-state index in [2.05, 4.69) is 5.32 Å². The van der Waals surface area contributed by atoms with Crippen LogP contribution >= 0.6 is 0 Å². The Balaban J connectivity index is 1.63. The number of hydrogen-bond acceptors (Lipinski definition) is 4. The van der Waals surface area contributed by atoms with Gasteiger partial charge in [0.15, 0.2) is 0 Å². The maximum Gasteiger partial charge on any atom is 0.255 e. The number of methoxy groups -OCH3 is 2. The largest absolute Gasteiger partial charge is 0.497 e. The number of benzene rings is 2. The average molecular weight is 354 g/mol. The zero-order valence-electron chi connectivity index (χ0n) is 15.0. The topological polar surface area (TPSA) is 67.9 Å². The second kappa shape index (κ2) is 7.91. The van der Waals surface area contributed by atoms with E-state index in [-0.39, 0.29) is 11.8 Å². The molecule has 1 aliphatic heterocycles. The first-order chi connectivity index (χ1) is 12.6. The van der Waals surface area contributed by atoms with E-state index in [0.29, 0.717) is 30.0 Å². The van der Waals surface area contributed by atoms with Crippen LogP contribution in [0.4, 0.5) is 5.69 Å². The summed E-state index contributed by atoms with van der Waals surface area (Å²) < 4.78 is 10.4. The Labute approximate surface area is 152 Å². The lowest BCUT2D eigenvalue weighted by Gasteiger charge is -2.16. The first kappa shape index (κ1) is 17.8. The molecule has 3 rings (SSSR count). The fourth-order valence-electron chi connectivity index (χ4n) is 2.98.